The van der Waals surface area contributed by atoms with E-state index in [1.54, 1.807) is 12.2 Å². The monoisotopic (exact) mass is 479 g/mol. The van der Waals surface area contributed by atoms with E-state index < -0.39 is 46.9 Å². The lowest BCUT2D eigenvalue weighted by Crippen LogP contribution is -2.38. The van der Waals surface area contributed by atoms with Crippen LogP contribution in [0, 0.1) is 0 Å². The molecule has 1 N–H and O–H groups in total. The molecule has 0 aliphatic rings. The number of allylic oxidation sites excluding steroid dienone is 4. The summed E-state index contributed by atoms with van der Waals surface area (Å²) in [6.07, 6.45) is -0.317. The van der Waals surface area contributed by atoms with Gasteiger partial charge in [0.15, 0.2) is 11.2 Å². The van der Waals surface area contributed by atoms with Crippen molar-refractivity contribution in [3.05, 3.63) is 79.6 Å². The fourth-order valence-electron chi connectivity index (χ4n) is 3.12. The van der Waals surface area contributed by atoms with Crippen LogP contribution in [0.25, 0.3) is 16.7 Å². The highest BCUT2D eigenvalue weighted by Crippen LogP contribution is 2.30. The lowest BCUT2D eigenvalue weighted by Gasteiger charge is -2.12. The zero-order valence-corrected chi connectivity index (χ0v) is 18.8. The van der Waals surface area contributed by atoms with Gasteiger partial charge in [-0.3, -0.25) is 18.7 Å². The van der Waals surface area contributed by atoms with Gasteiger partial charge in [0.1, 0.15) is 6.54 Å². The van der Waals surface area contributed by atoms with Gasteiger partial charge in [0, 0.05) is 19.8 Å². The van der Waals surface area contributed by atoms with Crippen LogP contribution in [0.1, 0.15) is 18.3 Å². The van der Waals surface area contributed by atoms with E-state index in [4.69, 9.17) is 0 Å². The van der Waals surface area contributed by atoms with E-state index in [9.17, 15) is 27.6 Å². The van der Waals surface area contributed by atoms with Crippen LogP contribution in [0.15, 0.2) is 56.9 Å². The number of nitrogens with one attached hydrogen (secondary N) is 1. The minimum Gasteiger partial charge on any atom is -0.325 e. The summed E-state index contributed by atoms with van der Waals surface area (Å²) in [5, 5.41) is 6.34. The molecule has 0 bridgehead atoms. The molecular formula is C21H20F3N5O3S. The SMILES string of the molecule is C=C/C(=C\C=C(/C)c1ccsc1)NC(=O)Cn1c(C(F)(F)F)nc2c1c(=O)n(C)c(=O)n2C. The first-order valence-corrected chi connectivity index (χ1v) is 10.5. The molecule has 0 aromatic carbocycles. The van der Waals surface area contributed by atoms with Crippen molar-refractivity contribution in [2.45, 2.75) is 19.6 Å². The molecule has 0 saturated carbocycles. The number of carbonyl (C=O) groups excluding carboxylic acids is 1. The second-order valence-corrected chi connectivity index (χ2v) is 7.91. The van der Waals surface area contributed by atoms with Crippen LogP contribution in [-0.4, -0.2) is 24.6 Å². The Morgan fingerprint density at radius 1 is 1.24 bits per heavy atom. The van der Waals surface area contributed by atoms with Crippen LogP contribution in [0.5, 0.6) is 0 Å². The largest absolute Gasteiger partial charge is 0.449 e. The molecule has 3 rings (SSSR count). The molecule has 3 aromatic heterocycles. The normalized spacial score (nSPS) is 12.9. The summed E-state index contributed by atoms with van der Waals surface area (Å²) < 4.78 is 42.8. The van der Waals surface area contributed by atoms with Crippen LogP contribution in [0.4, 0.5) is 13.2 Å². The Morgan fingerprint density at radius 2 is 1.94 bits per heavy atom. The fraction of sp³-hybridized carbons (Fsp3) is 0.238. The first-order valence-electron chi connectivity index (χ1n) is 9.52. The van der Waals surface area contributed by atoms with Gasteiger partial charge >= 0.3 is 11.9 Å². The molecule has 0 aliphatic heterocycles. The maximum Gasteiger partial charge on any atom is 0.449 e. The quantitative estimate of drug-likeness (QED) is 0.551. The van der Waals surface area contributed by atoms with Crippen molar-refractivity contribution in [2.24, 2.45) is 14.1 Å². The molecule has 174 valence electrons. The van der Waals surface area contributed by atoms with Crippen molar-refractivity contribution in [2.75, 3.05) is 0 Å². The molecular weight excluding hydrogens is 459 g/mol. The highest BCUT2D eigenvalue weighted by atomic mass is 32.1. The summed E-state index contributed by atoms with van der Waals surface area (Å²) in [6.45, 7) is 4.62. The van der Waals surface area contributed by atoms with Crippen molar-refractivity contribution in [1.29, 1.82) is 0 Å². The van der Waals surface area contributed by atoms with E-state index in [-0.39, 0.29) is 5.70 Å². The van der Waals surface area contributed by atoms with Gasteiger partial charge in [0.25, 0.3) is 5.56 Å². The van der Waals surface area contributed by atoms with Gasteiger partial charge in [-0.15, -0.1) is 0 Å². The molecule has 12 heteroatoms. The van der Waals surface area contributed by atoms with Crippen LogP contribution < -0.4 is 16.6 Å². The summed E-state index contributed by atoms with van der Waals surface area (Å²) in [5.74, 6) is -2.29. The Kier molecular flexibility index (Phi) is 6.58. The topological polar surface area (TPSA) is 90.9 Å². The first kappa shape index (κ1) is 24.0. The van der Waals surface area contributed by atoms with Crippen LogP contribution >= 0.6 is 11.3 Å². The zero-order chi connectivity index (χ0) is 24.5. The Hall–Kier alpha value is -3.67. The van der Waals surface area contributed by atoms with Gasteiger partial charge in [-0.1, -0.05) is 12.7 Å². The summed E-state index contributed by atoms with van der Waals surface area (Å²) in [7, 11) is 2.33. The number of imidazole rings is 1. The number of rotatable bonds is 6. The number of aromatic nitrogens is 4. The van der Waals surface area contributed by atoms with Crippen molar-refractivity contribution < 1.29 is 18.0 Å². The Bertz CT molecular complexity index is 1410. The lowest BCUT2D eigenvalue weighted by molar-refractivity contribution is -0.147. The maximum absolute atomic E-state index is 13.6. The Labute approximate surface area is 189 Å². The van der Waals surface area contributed by atoms with Gasteiger partial charge in [-0.05, 0) is 47.0 Å². The Morgan fingerprint density at radius 3 is 2.52 bits per heavy atom. The predicted molar refractivity (Wildman–Crippen MR) is 120 cm³/mol. The van der Waals surface area contributed by atoms with Crippen LogP contribution in [-0.2, 0) is 31.6 Å². The van der Waals surface area contributed by atoms with E-state index in [0.717, 1.165) is 22.8 Å². The Balaban J connectivity index is 2.00. The molecule has 0 radical (unpaired) electrons. The number of halogens is 3. The third-order valence-corrected chi connectivity index (χ3v) is 5.58. The third-order valence-electron chi connectivity index (χ3n) is 4.90. The molecule has 0 saturated heterocycles. The van der Waals surface area contributed by atoms with Crippen LogP contribution in [0.2, 0.25) is 0 Å². The lowest BCUT2D eigenvalue weighted by atomic mass is 10.1. The number of carbonyl (C=O) groups is 1. The van der Waals surface area contributed by atoms with Crippen molar-refractivity contribution in [3.8, 4) is 0 Å². The van der Waals surface area contributed by atoms with Gasteiger partial charge < -0.3 is 9.88 Å². The summed E-state index contributed by atoms with van der Waals surface area (Å²) in [5.41, 5.74) is -0.622. The first-order chi connectivity index (χ1) is 15.5. The summed E-state index contributed by atoms with van der Waals surface area (Å²) >= 11 is 1.53. The second-order valence-electron chi connectivity index (χ2n) is 7.13. The molecule has 0 spiro atoms. The van der Waals surface area contributed by atoms with Gasteiger partial charge in [-0.2, -0.15) is 24.5 Å². The molecule has 0 atom stereocenters. The average Bonchev–Trinajstić information content (AvgIpc) is 3.41. The highest BCUT2D eigenvalue weighted by molar-refractivity contribution is 7.08. The van der Waals surface area contributed by atoms with E-state index in [2.05, 4.69) is 16.9 Å². The second kappa shape index (κ2) is 9.06. The van der Waals surface area contributed by atoms with E-state index >= 15 is 0 Å². The van der Waals surface area contributed by atoms with Gasteiger partial charge in [-0.25, -0.2) is 9.78 Å². The van der Waals surface area contributed by atoms with E-state index in [0.29, 0.717) is 9.13 Å². The van der Waals surface area contributed by atoms with Crippen molar-refractivity contribution in [1.82, 2.24) is 24.0 Å². The zero-order valence-electron chi connectivity index (χ0n) is 17.9. The third kappa shape index (κ3) is 4.75. The standard InChI is InChI=1S/C21H20F3N5O3S/c1-5-14(7-6-12(2)13-8-9-33-11-13)25-15(30)10-29-16-17(26-19(29)21(22,23)24)27(3)20(32)28(4)18(16)31/h5-9,11H,1,10H2,2-4H3,(H,25,30)/b12-6+,14-7+. The highest BCUT2D eigenvalue weighted by Gasteiger charge is 2.39. The predicted octanol–water partition coefficient (Wildman–Crippen LogP) is 2.80. The number of fused-ring (bicyclic) bond motifs is 1. The summed E-state index contributed by atoms with van der Waals surface area (Å²) in [4.78, 5) is 40.7. The number of amides is 1. The van der Waals surface area contributed by atoms with Gasteiger partial charge in [0.2, 0.25) is 11.7 Å². The van der Waals surface area contributed by atoms with E-state index in [1.807, 2.05) is 23.8 Å². The number of aryl methyl sites for hydroxylation is 1. The molecule has 0 unspecified atom stereocenters. The molecule has 8 nitrogen and oxygen atoms in total. The molecule has 0 fully saturated rings. The number of hydrogen-bond acceptors (Lipinski definition) is 5. The van der Waals surface area contributed by atoms with Crippen molar-refractivity contribution in [3.63, 3.8) is 0 Å². The number of nitrogens with zero attached hydrogens (tertiary/aromatic N) is 4. The number of thiophene rings is 1. The molecule has 3 aromatic rings. The average molecular weight is 479 g/mol. The molecule has 0 aliphatic carbocycles. The minimum absolute atomic E-state index is 0.257. The fourth-order valence-corrected chi connectivity index (χ4v) is 3.84. The number of hydrogen-bond donors (Lipinski definition) is 1. The molecule has 3 heterocycles. The summed E-state index contributed by atoms with van der Waals surface area (Å²) in [6, 6.07) is 1.92. The smallest absolute Gasteiger partial charge is 0.325 e. The molecule has 33 heavy (non-hydrogen) atoms. The van der Waals surface area contributed by atoms with Crippen LogP contribution in [0.3, 0.4) is 0 Å². The van der Waals surface area contributed by atoms with Crippen molar-refractivity contribution >= 4 is 34.0 Å². The maximum atomic E-state index is 13.6. The van der Waals surface area contributed by atoms with Gasteiger partial charge in [0.05, 0.1) is 0 Å². The molecule has 1 amide bonds. The number of alkyl halides is 3. The van der Waals surface area contributed by atoms with E-state index in [1.165, 1.54) is 24.5 Å². The minimum atomic E-state index is -4.96.